The number of hydrogen-bond acceptors (Lipinski definition) is 5. The Labute approximate surface area is 193 Å². The second-order valence-corrected chi connectivity index (χ2v) is 8.93. The first kappa shape index (κ1) is 27.2. The number of aryl methyl sites for hydroxylation is 1. The predicted octanol–water partition coefficient (Wildman–Crippen LogP) is 3.62. The van der Waals surface area contributed by atoms with Crippen LogP contribution in [0.25, 0.3) is 0 Å². The highest BCUT2D eigenvalue weighted by Gasteiger charge is 2.25. The average Bonchev–Trinajstić information content (AvgIpc) is 2.62. The molecule has 0 spiro atoms. The van der Waals surface area contributed by atoms with E-state index in [1.807, 2.05) is 0 Å². The van der Waals surface area contributed by atoms with Crippen molar-refractivity contribution in [2.45, 2.75) is 77.4 Å². The molecule has 0 aliphatic carbocycles. The molecule has 0 saturated heterocycles. The zero-order chi connectivity index (χ0) is 24.3. The summed E-state index contributed by atoms with van der Waals surface area (Å²) < 4.78 is 5.19. The van der Waals surface area contributed by atoms with Crippen molar-refractivity contribution in [2.75, 3.05) is 5.32 Å². The molecule has 5 N–H and O–H groups in total. The summed E-state index contributed by atoms with van der Waals surface area (Å²) in [5.41, 5.74) is 5.77. The Hall–Kier alpha value is -2.81. The van der Waals surface area contributed by atoms with E-state index >= 15 is 0 Å². The number of alkyl carbamates (subject to hydrolysis) is 1. The number of ether oxygens (including phenoxy) is 1. The number of carbonyl (C=O) groups is 4. The smallest absolute Gasteiger partial charge is 0.408 e. The molecule has 10 heteroatoms. The molecule has 0 unspecified atom stereocenters. The fourth-order valence-corrected chi connectivity index (χ4v) is 3.14. The van der Waals surface area contributed by atoms with Crippen LogP contribution in [-0.4, -0.2) is 40.6 Å². The lowest BCUT2D eigenvalue weighted by molar-refractivity contribution is -0.137. The molecule has 1 atom stereocenters. The monoisotopic (exact) mass is 469 g/mol. The lowest BCUT2D eigenvalue weighted by Crippen LogP contribution is -2.46. The van der Waals surface area contributed by atoms with Crippen molar-refractivity contribution in [3.05, 3.63) is 28.8 Å². The minimum absolute atomic E-state index is 0.0113. The maximum atomic E-state index is 12.8. The van der Waals surface area contributed by atoms with E-state index < -0.39 is 35.5 Å². The number of halogens is 1. The maximum absolute atomic E-state index is 12.8. The maximum Gasteiger partial charge on any atom is 0.408 e. The van der Waals surface area contributed by atoms with Crippen molar-refractivity contribution >= 4 is 41.2 Å². The highest BCUT2D eigenvalue weighted by molar-refractivity contribution is 6.31. The van der Waals surface area contributed by atoms with Gasteiger partial charge in [0.15, 0.2) is 0 Å². The first-order valence-electron chi connectivity index (χ1n) is 10.5. The van der Waals surface area contributed by atoms with Crippen LogP contribution in [0, 0.1) is 0 Å². The van der Waals surface area contributed by atoms with Crippen LogP contribution in [0.5, 0.6) is 0 Å². The number of amides is 3. The number of anilines is 1. The van der Waals surface area contributed by atoms with Gasteiger partial charge in [-0.2, -0.15) is 0 Å². The SMILES string of the molecule is CC(C)(C)OC(=O)N[C@@H](CCC(N)=O)C(=O)Nc1cc(Cl)cc(CCCCCC(=O)O)c1. The van der Waals surface area contributed by atoms with Crippen LogP contribution in [-0.2, 0) is 25.5 Å². The highest BCUT2D eigenvalue weighted by atomic mass is 35.5. The van der Waals surface area contributed by atoms with Gasteiger partial charge in [0.2, 0.25) is 11.8 Å². The van der Waals surface area contributed by atoms with Crippen molar-refractivity contribution in [2.24, 2.45) is 5.73 Å². The number of carboxylic acids is 1. The van der Waals surface area contributed by atoms with Gasteiger partial charge in [-0.25, -0.2) is 4.79 Å². The molecule has 0 fully saturated rings. The van der Waals surface area contributed by atoms with E-state index in [2.05, 4.69) is 10.6 Å². The summed E-state index contributed by atoms with van der Waals surface area (Å²) in [5, 5.41) is 14.3. The van der Waals surface area contributed by atoms with Crippen LogP contribution in [0.15, 0.2) is 18.2 Å². The number of carbonyl (C=O) groups excluding carboxylic acids is 3. The number of carboxylic acid groups (broad SMARTS) is 1. The molecule has 1 aromatic rings. The van der Waals surface area contributed by atoms with Crippen molar-refractivity contribution < 1.29 is 29.0 Å². The number of unbranched alkanes of at least 4 members (excludes halogenated alkanes) is 2. The van der Waals surface area contributed by atoms with Gasteiger partial charge in [-0.15, -0.1) is 0 Å². The molecular weight excluding hydrogens is 438 g/mol. The quantitative estimate of drug-likeness (QED) is 0.343. The summed E-state index contributed by atoms with van der Waals surface area (Å²) in [4.78, 5) is 46.6. The summed E-state index contributed by atoms with van der Waals surface area (Å²) in [6, 6.07) is 4.08. The van der Waals surface area contributed by atoms with Crippen LogP contribution < -0.4 is 16.4 Å². The molecule has 1 rings (SSSR count). The van der Waals surface area contributed by atoms with Gasteiger partial charge < -0.3 is 26.2 Å². The topological polar surface area (TPSA) is 148 Å². The number of primary amides is 1. The fraction of sp³-hybridized carbons (Fsp3) is 0.545. The van der Waals surface area contributed by atoms with Gasteiger partial charge in [0.25, 0.3) is 0 Å². The summed E-state index contributed by atoms with van der Waals surface area (Å²) in [6.07, 6.45) is 2.08. The van der Waals surface area contributed by atoms with Crippen LogP contribution in [0.1, 0.15) is 64.9 Å². The Balaban J connectivity index is 2.80. The van der Waals surface area contributed by atoms with Crippen molar-refractivity contribution in [1.82, 2.24) is 5.32 Å². The molecule has 9 nitrogen and oxygen atoms in total. The Morgan fingerprint density at radius 2 is 1.78 bits per heavy atom. The Morgan fingerprint density at radius 3 is 2.38 bits per heavy atom. The van der Waals surface area contributed by atoms with Gasteiger partial charge in [-0.05, 0) is 70.2 Å². The fourth-order valence-electron chi connectivity index (χ4n) is 2.88. The molecule has 0 aliphatic rings. The van der Waals surface area contributed by atoms with Crippen molar-refractivity contribution in [1.29, 1.82) is 0 Å². The van der Waals surface area contributed by atoms with E-state index in [-0.39, 0.29) is 19.3 Å². The number of rotatable bonds is 12. The number of nitrogens with one attached hydrogen (secondary N) is 2. The van der Waals surface area contributed by atoms with Gasteiger partial charge in [0.05, 0.1) is 0 Å². The molecule has 1 aromatic carbocycles. The summed E-state index contributed by atoms with van der Waals surface area (Å²) >= 11 is 6.17. The highest BCUT2D eigenvalue weighted by Crippen LogP contribution is 2.21. The van der Waals surface area contributed by atoms with E-state index in [1.54, 1.807) is 39.0 Å². The normalized spacial score (nSPS) is 12.0. The molecule has 0 radical (unpaired) electrons. The second kappa shape index (κ2) is 12.9. The van der Waals surface area contributed by atoms with Crippen LogP contribution in [0.3, 0.4) is 0 Å². The number of nitrogens with two attached hydrogens (primary N) is 1. The molecule has 0 aliphatic heterocycles. The van der Waals surface area contributed by atoms with E-state index in [4.69, 9.17) is 27.2 Å². The Morgan fingerprint density at radius 1 is 1.09 bits per heavy atom. The number of aliphatic carboxylic acids is 1. The van der Waals surface area contributed by atoms with Gasteiger partial charge in [0, 0.05) is 23.6 Å². The average molecular weight is 470 g/mol. The molecule has 0 heterocycles. The number of hydrogen-bond donors (Lipinski definition) is 4. The van der Waals surface area contributed by atoms with E-state index in [9.17, 15) is 19.2 Å². The lowest BCUT2D eigenvalue weighted by atomic mass is 10.0. The van der Waals surface area contributed by atoms with Crippen LogP contribution in [0.4, 0.5) is 10.5 Å². The van der Waals surface area contributed by atoms with E-state index in [0.29, 0.717) is 23.6 Å². The third-order valence-corrected chi connectivity index (χ3v) is 4.49. The van der Waals surface area contributed by atoms with Crippen LogP contribution >= 0.6 is 11.6 Å². The van der Waals surface area contributed by atoms with E-state index in [1.165, 1.54) is 0 Å². The van der Waals surface area contributed by atoms with Gasteiger partial charge in [-0.3, -0.25) is 14.4 Å². The minimum atomic E-state index is -1.03. The molecule has 0 saturated carbocycles. The summed E-state index contributed by atoms with van der Waals surface area (Å²) in [5.74, 6) is -1.95. The largest absolute Gasteiger partial charge is 0.481 e. The zero-order valence-corrected chi connectivity index (χ0v) is 19.5. The summed E-state index contributed by atoms with van der Waals surface area (Å²) in [6.45, 7) is 5.08. The lowest BCUT2D eigenvalue weighted by Gasteiger charge is -2.23. The molecular formula is C22H32ClN3O6. The number of benzene rings is 1. The summed E-state index contributed by atoms with van der Waals surface area (Å²) in [7, 11) is 0. The van der Waals surface area contributed by atoms with E-state index in [0.717, 1.165) is 18.4 Å². The van der Waals surface area contributed by atoms with Gasteiger partial charge >= 0.3 is 12.1 Å². The van der Waals surface area contributed by atoms with Crippen molar-refractivity contribution in [3.63, 3.8) is 0 Å². The third-order valence-electron chi connectivity index (χ3n) is 4.27. The van der Waals surface area contributed by atoms with Crippen LogP contribution in [0.2, 0.25) is 5.02 Å². The molecule has 32 heavy (non-hydrogen) atoms. The Bertz CT molecular complexity index is 822. The van der Waals surface area contributed by atoms with Gasteiger partial charge in [0.1, 0.15) is 11.6 Å². The van der Waals surface area contributed by atoms with Crippen molar-refractivity contribution in [3.8, 4) is 0 Å². The predicted molar refractivity (Wildman–Crippen MR) is 121 cm³/mol. The third kappa shape index (κ3) is 12.1. The molecule has 3 amide bonds. The molecule has 178 valence electrons. The zero-order valence-electron chi connectivity index (χ0n) is 18.7. The standard InChI is InChI=1S/C22H32ClN3O6/c1-22(2,3)32-21(31)26-17(9-10-18(24)27)20(30)25-16-12-14(11-15(23)13-16)7-5-4-6-8-19(28)29/h11-13,17H,4-10H2,1-3H3,(H2,24,27)(H,25,30)(H,26,31)(H,28,29)/t17-/m0/s1. The first-order chi connectivity index (χ1) is 14.9. The van der Waals surface area contributed by atoms with Gasteiger partial charge in [-0.1, -0.05) is 18.0 Å². The first-order valence-corrected chi connectivity index (χ1v) is 10.8. The Kier molecular flexibility index (Phi) is 11.0. The molecule has 0 aromatic heterocycles. The minimum Gasteiger partial charge on any atom is -0.481 e. The second-order valence-electron chi connectivity index (χ2n) is 8.50. The molecule has 0 bridgehead atoms.